The molecular weight excluding hydrogens is 257 g/mol. The Balaban J connectivity index is 2.45. The Morgan fingerprint density at radius 3 is 2.47 bits per heavy atom. The second-order valence-corrected chi connectivity index (χ2v) is 5.33. The Morgan fingerprint density at radius 1 is 1.32 bits per heavy atom. The summed E-state index contributed by atoms with van der Waals surface area (Å²) in [6, 6.07) is 0. The minimum atomic E-state index is -1.34. The van der Waals surface area contributed by atoms with E-state index in [0.29, 0.717) is 0 Å². The Bertz CT molecular complexity index is 342. The summed E-state index contributed by atoms with van der Waals surface area (Å²) in [4.78, 5) is 23.9. The fourth-order valence-corrected chi connectivity index (χ4v) is 1.60. The van der Waals surface area contributed by atoms with Crippen molar-refractivity contribution in [2.45, 2.75) is 38.6 Å². The van der Waals surface area contributed by atoms with Crippen molar-refractivity contribution in [2.24, 2.45) is 0 Å². The topological polar surface area (TPSA) is 65.1 Å². The summed E-state index contributed by atoms with van der Waals surface area (Å²) < 4.78 is 28.3. The van der Waals surface area contributed by atoms with Gasteiger partial charge in [-0.05, 0) is 20.8 Å². The number of esters is 1. The van der Waals surface area contributed by atoms with Crippen molar-refractivity contribution in [3.05, 3.63) is 0 Å². The molecule has 2 atom stereocenters. The number of alkyl halides is 1. The van der Waals surface area contributed by atoms with Crippen LogP contribution in [-0.2, 0) is 19.0 Å². The van der Waals surface area contributed by atoms with E-state index in [9.17, 15) is 14.0 Å². The highest BCUT2D eigenvalue weighted by Gasteiger charge is 2.38. The molecule has 1 amide bonds. The number of hydrogen-bond donors (Lipinski definition) is 0. The van der Waals surface area contributed by atoms with Gasteiger partial charge in [0.05, 0.1) is 20.2 Å². The molecule has 0 aromatic heterocycles. The highest BCUT2D eigenvalue weighted by Crippen LogP contribution is 2.19. The maximum Gasteiger partial charge on any atom is 0.410 e. The monoisotopic (exact) mass is 277 g/mol. The third-order valence-electron chi connectivity index (χ3n) is 2.49. The molecule has 110 valence electrons. The van der Waals surface area contributed by atoms with Gasteiger partial charge in [-0.2, -0.15) is 0 Å². The van der Waals surface area contributed by atoms with E-state index in [1.165, 1.54) is 12.0 Å². The van der Waals surface area contributed by atoms with Gasteiger partial charge in [-0.1, -0.05) is 0 Å². The quantitative estimate of drug-likeness (QED) is 0.724. The summed E-state index contributed by atoms with van der Waals surface area (Å²) in [5.41, 5.74) is -0.631. The number of halogens is 1. The van der Waals surface area contributed by atoms with Crippen LogP contribution < -0.4 is 0 Å². The van der Waals surface area contributed by atoms with Gasteiger partial charge >= 0.3 is 12.1 Å². The maximum atomic E-state index is 13.7. The van der Waals surface area contributed by atoms with Crippen LogP contribution >= 0.6 is 0 Å². The third kappa shape index (κ3) is 5.02. The van der Waals surface area contributed by atoms with E-state index in [0.717, 1.165) is 0 Å². The zero-order chi connectivity index (χ0) is 14.6. The molecule has 0 unspecified atom stereocenters. The largest absolute Gasteiger partial charge is 0.467 e. The number of nitrogens with zero attached hydrogens (tertiary/aromatic N) is 1. The zero-order valence-electron chi connectivity index (χ0n) is 11.6. The van der Waals surface area contributed by atoms with Crippen molar-refractivity contribution >= 4 is 12.1 Å². The van der Waals surface area contributed by atoms with E-state index in [4.69, 9.17) is 9.47 Å². The van der Waals surface area contributed by atoms with Gasteiger partial charge in [-0.15, -0.1) is 0 Å². The van der Waals surface area contributed by atoms with Gasteiger partial charge < -0.3 is 19.1 Å². The highest BCUT2D eigenvalue weighted by atomic mass is 19.1. The highest BCUT2D eigenvalue weighted by molar-refractivity contribution is 5.70. The Hall–Kier alpha value is -1.37. The van der Waals surface area contributed by atoms with Crippen LogP contribution in [-0.4, -0.2) is 61.6 Å². The summed E-state index contributed by atoms with van der Waals surface area (Å²) in [6.07, 6.45) is -2.75. The summed E-state index contributed by atoms with van der Waals surface area (Å²) >= 11 is 0. The Kier molecular flexibility index (Phi) is 5.11. The van der Waals surface area contributed by atoms with Crippen molar-refractivity contribution in [1.82, 2.24) is 4.90 Å². The van der Waals surface area contributed by atoms with Crippen molar-refractivity contribution < 1.29 is 28.2 Å². The molecule has 0 aliphatic carbocycles. The summed E-state index contributed by atoms with van der Waals surface area (Å²) in [6.45, 7) is 4.84. The number of likely N-dealkylation sites (tertiary alicyclic amines) is 1. The minimum absolute atomic E-state index is 0.0626. The first kappa shape index (κ1) is 15.7. The van der Waals surface area contributed by atoms with Crippen molar-refractivity contribution in [3.63, 3.8) is 0 Å². The summed E-state index contributed by atoms with van der Waals surface area (Å²) in [7, 11) is 1.22. The molecule has 1 heterocycles. The lowest BCUT2D eigenvalue weighted by Crippen LogP contribution is -2.36. The number of carbonyl (C=O) groups is 2. The van der Waals surface area contributed by atoms with E-state index in [2.05, 4.69) is 4.74 Å². The van der Waals surface area contributed by atoms with Crippen LogP contribution in [0.2, 0.25) is 0 Å². The smallest absolute Gasteiger partial charge is 0.410 e. The molecule has 1 rings (SSSR count). The lowest BCUT2D eigenvalue weighted by atomic mass is 10.2. The molecule has 0 saturated carbocycles. The van der Waals surface area contributed by atoms with Crippen LogP contribution in [0.5, 0.6) is 0 Å². The molecule has 1 saturated heterocycles. The lowest BCUT2D eigenvalue weighted by molar-refractivity contribution is -0.148. The first-order valence-electron chi connectivity index (χ1n) is 6.03. The third-order valence-corrected chi connectivity index (χ3v) is 2.49. The summed E-state index contributed by atoms with van der Waals surface area (Å²) in [5, 5.41) is 0. The van der Waals surface area contributed by atoms with Gasteiger partial charge in [-0.3, -0.25) is 0 Å². The van der Waals surface area contributed by atoms with Crippen LogP contribution in [0.3, 0.4) is 0 Å². The van der Waals surface area contributed by atoms with Gasteiger partial charge in [0, 0.05) is 0 Å². The van der Waals surface area contributed by atoms with Crippen molar-refractivity contribution in [3.8, 4) is 0 Å². The van der Waals surface area contributed by atoms with Crippen LogP contribution in [0.15, 0.2) is 0 Å². The molecule has 1 aliphatic heterocycles. The Morgan fingerprint density at radius 2 is 1.95 bits per heavy atom. The second kappa shape index (κ2) is 6.18. The van der Waals surface area contributed by atoms with Gasteiger partial charge in [0.1, 0.15) is 24.5 Å². The molecular formula is C12H20FNO5. The lowest BCUT2D eigenvalue weighted by Gasteiger charge is -2.24. The fourth-order valence-electron chi connectivity index (χ4n) is 1.60. The predicted octanol–water partition coefficient (Wildman–Crippen LogP) is 1.13. The van der Waals surface area contributed by atoms with E-state index in [1.807, 2.05) is 0 Å². The van der Waals surface area contributed by atoms with Crippen LogP contribution in [0.4, 0.5) is 9.18 Å². The number of carbonyl (C=O) groups excluding carboxylic acids is 2. The van der Waals surface area contributed by atoms with E-state index in [-0.39, 0.29) is 19.7 Å². The molecule has 6 nitrogen and oxygen atoms in total. The van der Waals surface area contributed by atoms with Gasteiger partial charge in [0.25, 0.3) is 0 Å². The predicted molar refractivity (Wildman–Crippen MR) is 64.5 cm³/mol. The first-order chi connectivity index (χ1) is 8.73. The van der Waals surface area contributed by atoms with Crippen LogP contribution in [0.25, 0.3) is 0 Å². The molecule has 1 fully saturated rings. The fraction of sp³-hybridized carbons (Fsp3) is 0.833. The van der Waals surface area contributed by atoms with Crippen molar-refractivity contribution in [2.75, 3.05) is 26.8 Å². The standard InChI is InChI=1S/C12H20FNO5/c1-12(2,3)19-11(16)14-5-8(13)9(6-14)18-7-10(15)17-4/h8-9H,5-7H2,1-4H3/t8-,9-/m1/s1. The molecule has 0 N–H and O–H groups in total. The average Bonchev–Trinajstić information content (AvgIpc) is 2.65. The van der Waals surface area contributed by atoms with E-state index in [1.54, 1.807) is 20.8 Å². The maximum absolute atomic E-state index is 13.7. The molecule has 0 spiro atoms. The molecule has 7 heteroatoms. The number of amides is 1. The number of ether oxygens (including phenoxy) is 3. The zero-order valence-corrected chi connectivity index (χ0v) is 11.6. The van der Waals surface area contributed by atoms with Gasteiger partial charge in [-0.25, -0.2) is 14.0 Å². The molecule has 1 aliphatic rings. The summed E-state index contributed by atoms with van der Waals surface area (Å²) in [5.74, 6) is -0.581. The van der Waals surface area contributed by atoms with E-state index >= 15 is 0 Å². The molecule has 19 heavy (non-hydrogen) atoms. The molecule has 0 aromatic rings. The molecule has 0 bridgehead atoms. The van der Waals surface area contributed by atoms with Crippen molar-refractivity contribution in [1.29, 1.82) is 0 Å². The molecule has 0 radical (unpaired) electrons. The van der Waals surface area contributed by atoms with Crippen LogP contribution in [0.1, 0.15) is 20.8 Å². The van der Waals surface area contributed by atoms with Gasteiger partial charge in [0.2, 0.25) is 0 Å². The number of hydrogen-bond acceptors (Lipinski definition) is 5. The number of rotatable bonds is 3. The first-order valence-corrected chi connectivity index (χ1v) is 6.03. The molecule has 0 aromatic carbocycles. The van der Waals surface area contributed by atoms with Gasteiger partial charge in [0.15, 0.2) is 0 Å². The normalized spacial score (nSPS) is 23.3. The van der Waals surface area contributed by atoms with Crippen LogP contribution in [0, 0.1) is 0 Å². The second-order valence-electron chi connectivity index (χ2n) is 5.33. The van der Waals surface area contributed by atoms with E-state index < -0.39 is 29.9 Å². The number of methoxy groups -OCH3 is 1. The average molecular weight is 277 g/mol. The Labute approximate surface area is 111 Å². The minimum Gasteiger partial charge on any atom is -0.467 e. The SMILES string of the molecule is COC(=O)CO[C@@H]1CN(C(=O)OC(C)(C)C)C[C@H]1F.